The van der Waals surface area contributed by atoms with Crippen molar-refractivity contribution in [2.24, 2.45) is 0 Å². The molecule has 2 heteroatoms. The highest BCUT2D eigenvalue weighted by Gasteiger charge is 2.34. The molecule has 1 atom stereocenters. The van der Waals surface area contributed by atoms with Gasteiger partial charge in [0.05, 0.1) is 6.10 Å². The van der Waals surface area contributed by atoms with E-state index in [9.17, 15) is 0 Å². The van der Waals surface area contributed by atoms with Crippen molar-refractivity contribution in [3.8, 4) is 5.75 Å². The summed E-state index contributed by atoms with van der Waals surface area (Å²) in [6, 6.07) is 4.53. The summed E-state index contributed by atoms with van der Waals surface area (Å²) in [6.45, 7) is 7.84. The highest BCUT2D eigenvalue weighted by molar-refractivity contribution is 5.49. The first-order valence-corrected chi connectivity index (χ1v) is 8.12. The molecular formula is C18H27NO. The van der Waals surface area contributed by atoms with Crippen LogP contribution in [0.25, 0.3) is 0 Å². The number of hydrogen-bond acceptors (Lipinski definition) is 2. The van der Waals surface area contributed by atoms with E-state index >= 15 is 0 Å². The Hall–Kier alpha value is -1.02. The molecule has 0 spiro atoms. The molecule has 2 nitrogen and oxygen atoms in total. The van der Waals surface area contributed by atoms with Gasteiger partial charge in [0.1, 0.15) is 5.75 Å². The summed E-state index contributed by atoms with van der Waals surface area (Å²) < 4.78 is 6.46. The summed E-state index contributed by atoms with van der Waals surface area (Å²) in [4.78, 5) is 0. The fourth-order valence-electron chi connectivity index (χ4n) is 3.67. The van der Waals surface area contributed by atoms with E-state index in [2.05, 4.69) is 38.2 Å². The van der Waals surface area contributed by atoms with E-state index in [4.69, 9.17) is 4.74 Å². The van der Waals surface area contributed by atoms with Crippen LogP contribution in [-0.4, -0.2) is 12.6 Å². The fraction of sp³-hybridized carbons (Fsp3) is 0.667. The first-order valence-electron chi connectivity index (χ1n) is 8.12. The molecule has 2 aliphatic rings. The minimum Gasteiger partial charge on any atom is -0.490 e. The van der Waals surface area contributed by atoms with Crippen LogP contribution < -0.4 is 10.1 Å². The molecule has 1 aromatic rings. The lowest BCUT2D eigenvalue weighted by atomic mass is 9.87. The Morgan fingerprint density at radius 2 is 1.90 bits per heavy atom. The van der Waals surface area contributed by atoms with Crippen LogP contribution in [0.1, 0.15) is 62.1 Å². The molecule has 1 unspecified atom stereocenters. The first kappa shape index (κ1) is 13.9. The predicted molar refractivity (Wildman–Crippen MR) is 83.4 cm³/mol. The summed E-state index contributed by atoms with van der Waals surface area (Å²) in [7, 11) is 0. The molecule has 2 fully saturated rings. The molecule has 110 valence electrons. The van der Waals surface area contributed by atoms with Gasteiger partial charge in [0.15, 0.2) is 0 Å². The standard InChI is InChI=1S/C18H27NO/c1-13-9-10-16(18(3)11-6-12-19-18)17(14(13)2)20-15-7-4-5-8-15/h9-10,15,19H,4-8,11-12H2,1-3H3. The van der Waals surface area contributed by atoms with Crippen LogP contribution >= 0.6 is 0 Å². The van der Waals surface area contributed by atoms with Gasteiger partial charge in [-0.15, -0.1) is 0 Å². The monoisotopic (exact) mass is 273 g/mol. The third kappa shape index (κ3) is 2.46. The average molecular weight is 273 g/mol. The predicted octanol–water partition coefficient (Wildman–Crippen LogP) is 4.22. The van der Waals surface area contributed by atoms with Crippen LogP contribution in [0.2, 0.25) is 0 Å². The highest BCUT2D eigenvalue weighted by atomic mass is 16.5. The smallest absolute Gasteiger partial charge is 0.127 e. The lowest BCUT2D eigenvalue weighted by molar-refractivity contribution is 0.201. The van der Waals surface area contributed by atoms with Gasteiger partial charge >= 0.3 is 0 Å². The van der Waals surface area contributed by atoms with Gasteiger partial charge in [-0.05, 0) is 77.0 Å². The van der Waals surface area contributed by atoms with Crippen molar-refractivity contribution >= 4 is 0 Å². The van der Waals surface area contributed by atoms with Crippen molar-refractivity contribution in [1.29, 1.82) is 0 Å². The van der Waals surface area contributed by atoms with Crippen LogP contribution in [0.5, 0.6) is 5.75 Å². The van der Waals surface area contributed by atoms with Crippen molar-refractivity contribution in [2.45, 2.75) is 70.9 Å². The molecule has 0 amide bonds. The normalized spacial score (nSPS) is 27.1. The number of ether oxygens (including phenoxy) is 1. The number of benzene rings is 1. The van der Waals surface area contributed by atoms with E-state index in [-0.39, 0.29) is 5.54 Å². The van der Waals surface area contributed by atoms with Gasteiger partial charge in [-0.1, -0.05) is 12.1 Å². The Morgan fingerprint density at radius 1 is 1.15 bits per heavy atom. The molecule has 0 aromatic heterocycles. The van der Waals surface area contributed by atoms with E-state index in [1.54, 1.807) is 0 Å². The Labute approximate surface area is 122 Å². The maximum atomic E-state index is 6.46. The zero-order valence-corrected chi connectivity index (χ0v) is 13.1. The van der Waals surface area contributed by atoms with Crippen molar-refractivity contribution < 1.29 is 4.74 Å². The summed E-state index contributed by atoms with van der Waals surface area (Å²) in [5.74, 6) is 1.16. The zero-order valence-electron chi connectivity index (χ0n) is 13.1. The van der Waals surface area contributed by atoms with Crippen LogP contribution in [0.3, 0.4) is 0 Å². The molecule has 1 heterocycles. The summed E-state index contributed by atoms with van der Waals surface area (Å²) in [5.41, 5.74) is 4.12. The van der Waals surface area contributed by atoms with Crippen LogP contribution in [0, 0.1) is 13.8 Å². The first-order chi connectivity index (χ1) is 9.60. The van der Waals surface area contributed by atoms with Gasteiger partial charge in [0.2, 0.25) is 0 Å². The molecule has 1 N–H and O–H groups in total. The quantitative estimate of drug-likeness (QED) is 0.890. The zero-order chi connectivity index (χ0) is 14.2. The molecule has 1 aliphatic carbocycles. The number of hydrogen-bond donors (Lipinski definition) is 1. The third-order valence-electron chi connectivity index (χ3n) is 5.23. The second kappa shape index (κ2) is 5.40. The highest BCUT2D eigenvalue weighted by Crippen LogP contribution is 2.40. The van der Waals surface area contributed by atoms with Gasteiger partial charge in [0.25, 0.3) is 0 Å². The van der Waals surface area contributed by atoms with Crippen LogP contribution in [0.15, 0.2) is 12.1 Å². The SMILES string of the molecule is Cc1ccc(C2(C)CCCN2)c(OC2CCCC2)c1C. The Balaban J connectivity index is 1.97. The Bertz CT molecular complexity index is 482. The molecule has 0 radical (unpaired) electrons. The van der Waals surface area contributed by atoms with Gasteiger partial charge in [0, 0.05) is 11.1 Å². The molecule has 3 rings (SSSR count). The van der Waals surface area contributed by atoms with Crippen molar-refractivity contribution in [1.82, 2.24) is 5.32 Å². The largest absolute Gasteiger partial charge is 0.490 e. The second-order valence-electron chi connectivity index (χ2n) is 6.77. The number of rotatable bonds is 3. The van der Waals surface area contributed by atoms with E-state index in [0.717, 1.165) is 12.3 Å². The van der Waals surface area contributed by atoms with E-state index in [0.29, 0.717) is 6.10 Å². The van der Waals surface area contributed by atoms with Crippen LogP contribution in [0.4, 0.5) is 0 Å². The summed E-state index contributed by atoms with van der Waals surface area (Å²) >= 11 is 0. The van der Waals surface area contributed by atoms with Gasteiger partial charge in [-0.3, -0.25) is 0 Å². The third-order valence-corrected chi connectivity index (χ3v) is 5.23. The van der Waals surface area contributed by atoms with E-state index in [1.165, 1.54) is 55.2 Å². The fourth-order valence-corrected chi connectivity index (χ4v) is 3.67. The summed E-state index contributed by atoms with van der Waals surface area (Å²) in [6.07, 6.45) is 7.97. The minimum absolute atomic E-state index is 0.0897. The molecule has 0 bridgehead atoms. The molecular weight excluding hydrogens is 246 g/mol. The topological polar surface area (TPSA) is 21.3 Å². The molecule has 1 saturated carbocycles. The van der Waals surface area contributed by atoms with E-state index in [1.807, 2.05) is 0 Å². The minimum atomic E-state index is 0.0897. The van der Waals surface area contributed by atoms with Crippen molar-refractivity contribution in [3.05, 3.63) is 28.8 Å². The lowest BCUT2D eigenvalue weighted by Gasteiger charge is -2.30. The molecule has 20 heavy (non-hydrogen) atoms. The van der Waals surface area contributed by atoms with Crippen LogP contribution in [-0.2, 0) is 5.54 Å². The maximum Gasteiger partial charge on any atom is 0.127 e. The van der Waals surface area contributed by atoms with Crippen molar-refractivity contribution in [2.75, 3.05) is 6.54 Å². The Morgan fingerprint density at radius 3 is 2.55 bits per heavy atom. The molecule has 1 saturated heterocycles. The van der Waals surface area contributed by atoms with Gasteiger partial charge < -0.3 is 10.1 Å². The number of aryl methyl sites for hydroxylation is 1. The van der Waals surface area contributed by atoms with Crippen molar-refractivity contribution in [3.63, 3.8) is 0 Å². The number of nitrogens with one attached hydrogen (secondary N) is 1. The molecule has 1 aliphatic heterocycles. The average Bonchev–Trinajstić information content (AvgIpc) is 3.07. The second-order valence-corrected chi connectivity index (χ2v) is 6.77. The summed E-state index contributed by atoms with van der Waals surface area (Å²) in [5, 5.41) is 3.68. The van der Waals surface area contributed by atoms with Gasteiger partial charge in [-0.25, -0.2) is 0 Å². The maximum absolute atomic E-state index is 6.46. The Kier molecular flexibility index (Phi) is 3.76. The molecule has 1 aromatic carbocycles. The lowest BCUT2D eigenvalue weighted by Crippen LogP contribution is -2.34. The van der Waals surface area contributed by atoms with Gasteiger partial charge in [-0.2, -0.15) is 0 Å². The van der Waals surface area contributed by atoms with E-state index < -0.39 is 0 Å².